The quantitative estimate of drug-likeness (QED) is 0.417. The Morgan fingerprint density at radius 1 is 1.12 bits per heavy atom. The van der Waals surface area contributed by atoms with Crippen LogP contribution in [0.5, 0.6) is 5.75 Å². The van der Waals surface area contributed by atoms with Gasteiger partial charge in [-0.15, -0.1) is 0 Å². The number of aliphatic hydroxyl groups is 1. The summed E-state index contributed by atoms with van der Waals surface area (Å²) in [5.41, 5.74) is 0.550. The SMILES string of the molecule is CC(O)[C@H]1C(=O)N[C@H](Cc2ccccc2)C(=O)NCC#Cc2c(F)cccc2OCCN[C@@H](C2(C)CC2)C(=O)N1C. The summed E-state index contributed by atoms with van der Waals surface area (Å²) in [6.07, 6.45) is 0.603. The highest BCUT2D eigenvalue weighted by Gasteiger charge is 2.50. The van der Waals surface area contributed by atoms with Crippen LogP contribution in [-0.2, 0) is 20.8 Å². The number of carbonyl (C=O) groups is 3. The molecule has 0 spiro atoms. The number of fused-ring (bicyclic) bond motifs is 1. The van der Waals surface area contributed by atoms with Crippen LogP contribution in [-0.4, -0.2) is 78.7 Å². The van der Waals surface area contributed by atoms with Crippen molar-refractivity contribution >= 4 is 17.7 Å². The topological polar surface area (TPSA) is 120 Å². The van der Waals surface area contributed by atoms with Crippen molar-refractivity contribution in [3.8, 4) is 17.6 Å². The van der Waals surface area contributed by atoms with Crippen molar-refractivity contribution in [2.75, 3.05) is 26.7 Å². The van der Waals surface area contributed by atoms with Crippen molar-refractivity contribution in [3.63, 3.8) is 0 Å². The van der Waals surface area contributed by atoms with Gasteiger partial charge in [0.2, 0.25) is 17.7 Å². The van der Waals surface area contributed by atoms with Crippen LogP contribution in [0.15, 0.2) is 48.5 Å². The number of benzene rings is 2. The Morgan fingerprint density at radius 2 is 1.85 bits per heavy atom. The summed E-state index contributed by atoms with van der Waals surface area (Å²) >= 11 is 0. The first-order chi connectivity index (χ1) is 19.6. The monoisotopic (exact) mass is 564 g/mol. The third kappa shape index (κ3) is 7.43. The molecule has 1 heterocycles. The second-order valence-electron chi connectivity index (χ2n) is 10.9. The molecule has 0 aromatic heterocycles. The van der Waals surface area contributed by atoms with Gasteiger partial charge < -0.3 is 30.7 Å². The van der Waals surface area contributed by atoms with Gasteiger partial charge in [0, 0.05) is 20.0 Å². The van der Waals surface area contributed by atoms with E-state index in [1.165, 1.54) is 31.0 Å². The van der Waals surface area contributed by atoms with E-state index >= 15 is 0 Å². The molecule has 1 aliphatic carbocycles. The van der Waals surface area contributed by atoms with Crippen LogP contribution in [0, 0.1) is 23.1 Å². The largest absolute Gasteiger partial charge is 0.491 e. The minimum Gasteiger partial charge on any atom is -0.491 e. The van der Waals surface area contributed by atoms with Gasteiger partial charge in [-0.3, -0.25) is 14.4 Å². The number of carbonyl (C=O) groups excluding carboxylic acids is 3. The van der Waals surface area contributed by atoms with Crippen LogP contribution in [0.2, 0.25) is 0 Å². The molecule has 0 radical (unpaired) electrons. The first kappa shape index (κ1) is 30.0. The Kier molecular flexibility index (Phi) is 9.63. The lowest BCUT2D eigenvalue weighted by Crippen LogP contribution is -2.61. The van der Waals surface area contributed by atoms with Crippen molar-refractivity contribution in [3.05, 3.63) is 65.5 Å². The molecule has 41 heavy (non-hydrogen) atoms. The first-order valence-electron chi connectivity index (χ1n) is 13.8. The van der Waals surface area contributed by atoms with E-state index in [0.29, 0.717) is 0 Å². The molecule has 1 unspecified atom stereocenters. The van der Waals surface area contributed by atoms with E-state index in [-0.39, 0.29) is 48.8 Å². The maximum absolute atomic E-state index is 14.6. The van der Waals surface area contributed by atoms with Crippen molar-refractivity contribution in [2.24, 2.45) is 5.41 Å². The molecule has 10 heteroatoms. The number of halogens is 1. The highest BCUT2D eigenvalue weighted by atomic mass is 19.1. The van der Waals surface area contributed by atoms with Crippen LogP contribution < -0.4 is 20.7 Å². The zero-order chi connectivity index (χ0) is 29.6. The maximum Gasteiger partial charge on any atom is 0.246 e. The van der Waals surface area contributed by atoms with Gasteiger partial charge >= 0.3 is 0 Å². The second kappa shape index (κ2) is 13.1. The Bertz CT molecular complexity index is 1320. The number of hydrogen-bond donors (Lipinski definition) is 4. The molecule has 0 bridgehead atoms. The molecular formula is C31H37FN4O5. The fourth-order valence-corrected chi connectivity index (χ4v) is 4.99. The number of rotatable bonds is 4. The average Bonchev–Trinajstić information content (AvgIpc) is 3.68. The molecule has 3 amide bonds. The Balaban J connectivity index is 1.67. The molecule has 4 atom stereocenters. The molecule has 1 aliphatic heterocycles. The summed E-state index contributed by atoms with van der Waals surface area (Å²) in [6.45, 7) is 3.74. The minimum atomic E-state index is -1.23. The molecule has 2 aromatic carbocycles. The maximum atomic E-state index is 14.6. The van der Waals surface area contributed by atoms with Gasteiger partial charge in [0.15, 0.2) is 0 Å². The minimum absolute atomic E-state index is 0.0679. The molecule has 218 valence electrons. The molecule has 1 fully saturated rings. The van der Waals surface area contributed by atoms with Crippen molar-refractivity contribution < 1.29 is 28.6 Å². The average molecular weight is 565 g/mol. The predicted molar refractivity (Wildman–Crippen MR) is 151 cm³/mol. The van der Waals surface area contributed by atoms with Crippen LogP contribution in [0.3, 0.4) is 0 Å². The summed E-state index contributed by atoms with van der Waals surface area (Å²) in [5, 5.41) is 19.3. The molecule has 2 aliphatic rings. The zero-order valence-corrected chi connectivity index (χ0v) is 23.6. The van der Waals surface area contributed by atoms with E-state index in [1.807, 2.05) is 37.3 Å². The number of nitrogens with one attached hydrogen (secondary N) is 3. The lowest BCUT2D eigenvalue weighted by atomic mass is 9.96. The number of hydrogen-bond acceptors (Lipinski definition) is 6. The van der Waals surface area contributed by atoms with E-state index in [2.05, 4.69) is 27.8 Å². The van der Waals surface area contributed by atoms with Gasteiger partial charge in [0.25, 0.3) is 0 Å². The van der Waals surface area contributed by atoms with Crippen LogP contribution in [0.1, 0.15) is 37.8 Å². The van der Waals surface area contributed by atoms with E-state index < -0.39 is 41.9 Å². The smallest absolute Gasteiger partial charge is 0.246 e. The number of nitrogens with zero attached hydrogens (tertiary/aromatic N) is 1. The summed E-state index contributed by atoms with van der Waals surface area (Å²) in [6, 6.07) is 10.7. The van der Waals surface area contributed by atoms with Gasteiger partial charge in [-0.05, 0) is 42.9 Å². The van der Waals surface area contributed by atoms with Gasteiger partial charge in [0.1, 0.15) is 35.8 Å². The van der Waals surface area contributed by atoms with E-state index in [4.69, 9.17) is 4.74 Å². The van der Waals surface area contributed by atoms with Crippen LogP contribution in [0.4, 0.5) is 4.39 Å². The van der Waals surface area contributed by atoms with Crippen LogP contribution in [0.25, 0.3) is 0 Å². The fraction of sp³-hybridized carbons (Fsp3) is 0.452. The van der Waals surface area contributed by atoms with Crippen molar-refractivity contribution in [2.45, 2.75) is 57.3 Å². The van der Waals surface area contributed by atoms with E-state index in [1.54, 1.807) is 6.07 Å². The molecule has 1 saturated carbocycles. The summed E-state index contributed by atoms with van der Waals surface area (Å²) in [5.74, 6) is 3.69. The highest BCUT2D eigenvalue weighted by Crippen LogP contribution is 2.48. The molecule has 4 rings (SSSR count). The summed E-state index contributed by atoms with van der Waals surface area (Å²) in [4.78, 5) is 41.8. The molecule has 9 nitrogen and oxygen atoms in total. The number of ether oxygens (including phenoxy) is 1. The van der Waals surface area contributed by atoms with E-state index in [0.717, 1.165) is 18.4 Å². The lowest BCUT2D eigenvalue weighted by molar-refractivity contribution is -0.146. The first-order valence-corrected chi connectivity index (χ1v) is 13.8. The molecule has 2 aromatic rings. The molecule has 4 N–H and O–H groups in total. The zero-order valence-electron chi connectivity index (χ0n) is 23.6. The number of aliphatic hydroxyl groups excluding tert-OH is 1. The Labute approximate surface area is 239 Å². The third-order valence-electron chi connectivity index (χ3n) is 7.64. The standard InChI is InChI=1S/C31H37FN4O5/c1-20(37)26-29(39)35-24(19-21-9-5-4-6-10-21)28(38)34-16-8-11-22-23(32)12-7-13-25(22)41-18-17-33-27(30(40)36(26)3)31(2)14-15-31/h4-7,9-10,12-13,20,24,26-27,33,37H,14-19H2,1-3H3,(H,34,38)(H,35,39)/t20?,24-,26+,27-/m1/s1. The van der Waals surface area contributed by atoms with Crippen LogP contribution >= 0.6 is 0 Å². The Morgan fingerprint density at radius 3 is 2.54 bits per heavy atom. The fourth-order valence-electron chi connectivity index (χ4n) is 4.99. The Hall–Kier alpha value is -3.94. The lowest BCUT2D eigenvalue weighted by Gasteiger charge is -2.35. The van der Waals surface area contributed by atoms with Gasteiger partial charge in [-0.1, -0.05) is 55.2 Å². The van der Waals surface area contributed by atoms with Gasteiger partial charge in [-0.25, -0.2) is 4.39 Å². The summed E-state index contributed by atoms with van der Waals surface area (Å²) in [7, 11) is 1.48. The van der Waals surface area contributed by atoms with Crippen molar-refractivity contribution in [1.29, 1.82) is 0 Å². The van der Waals surface area contributed by atoms with Crippen molar-refractivity contribution in [1.82, 2.24) is 20.9 Å². The van der Waals surface area contributed by atoms with E-state index in [9.17, 15) is 23.9 Å². The molecule has 0 saturated heterocycles. The second-order valence-corrected chi connectivity index (χ2v) is 10.9. The third-order valence-corrected chi connectivity index (χ3v) is 7.64. The summed E-state index contributed by atoms with van der Waals surface area (Å²) < 4.78 is 20.4. The molecular weight excluding hydrogens is 527 g/mol. The van der Waals surface area contributed by atoms with Gasteiger partial charge in [-0.2, -0.15) is 0 Å². The van der Waals surface area contributed by atoms with Gasteiger partial charge in [0.05, 0.1) is 18.7 Å². The predicted octanol–water partition coefficient (Wildman–Crippen LogP) is 1.38. The normalized spacial score (nSPS) is 24.3. The number of likely N-dealkylation sites (N-methyl/N-ethyl adjacent to an activating group) is 1. The number of amides is 3. The highest BCUT2D eigenvalue weighted by molar-refractivity contribution is 5.94.